The second kappa shape index (κ2) is 6.36. The number of aromatic nitrogens is 1. The van der Waals surface area contributed by atoms with E-state index in [4.69, 9.17) is 9.15 Å². The van der Waals surface area contributed by atoms with E-state index in [1.807, 2.05) is 61.5 Å². The molecule has 0 saturated carbocycles. The summed E-state index contributed by atoms with van der Waals surface area (Å²) in [6.45, 7) is 2.01. The third-order valence-electron chi connectivity index (χ3n) is 3.34. The Morgan fingerprint density at radius 3 is 2.43 bits per heavy atom. The summed E-state index contributed by atoms with van der Waals surface area (Å²) in [4.78, 5) is 16.2. The first-order valence-electron chi connectivity index (χ1n) is 7.15. The van der Waals surface area contributed by atoms with Crippen LogP contribution >= 0.6 is 0 Å². The number of hydrogen-bond donors (Lipinski definition) is 1. The normalized spacial score (nSPS) is 10.3. The summed E-state index contributed by atoms with van der Waals surface area (Å²) in [5, 5.41) is 3.08. The lowest BCUT2D eigenvalue weighted by Crippen LogP contribution is -2.05. The van der Waals surface area contributed by atoms with Crippen molar-refractivity contribution in [2.45, 2.75) is 6.92 Å². The lowest BCUT2D eigenvalue weighted by molar-refractivity contribution is 0.0595. The quantitative estimate of drug-likeness (QED) is 0.732. The zero-order chi connectivity index (χ0) is 16.2. The van der Waals surface area contributed by atoms with E-state index in [0.717, 1.165) is 16.8 Å². The summed E-state index contributed by atoms with van der Waals surface area (Å²) < 4.78 is 10.5. The van der Waals surface area contributed by atoms with Crippen molar-refractivity contribution < 1.29 is 13.9 Å². The van der Waals surface area contributed by atoms with Crippen LogP contribution in [-0.2, 0) is 4.74 Å². The number of rotatable bonds is 4. The van der Waals surface area contributed by atoms with Crippen molar-refractivity contribution in [1.29, 1.82) is 0 Å². The predicted molar refractivity (Wildman–Crippen MR) is 87.7 cm³/mol. The molecule has 1 N–H and O–H groups in total. The van der Waals surface area contributed by atoms with Gasteiger partial charge in [0.25, 0.3) is 0 Å². The number of hydrogen-bond acceptors (Lipinski definition) is 5. The predicted octanol–water partition coefficient (Wildman–Crippen LogP) is 4.18. The van der Waals surface area contributed by atoms with Crippen LogP contribution in [0.25, 0.3) is 11.5 Å². The Morgan fingerprint density at radius 1 is 1.09 bits per heavy atom. The molecule has 5 heteroatoms. The van der Waals surface area contributed by atoms with Gasteiger partial charge in [0.05, 0.1) is 7.11 Å². The monoisotopic (exact) mass is 308 g/mol. The molecule has 2 aromatic carbocycles. The molecule has 5 nitrogen and oxygen atoms in total. The van der Waals surface area contributed by atoms with Gasteiger partial charge in [0.1, 0.15) is 0 Å². The minimum absolute atomic E-state index is 0.118. The standard InChI is InChI=1S/C18H16N2O3/c1-12-8-10-14(11-9-12)19-17-15(18(21)22-2)20-16(23-17)13-6-4-3-5-7-13/h3-11,19H,1-2H3. The molecule has 0 radical (unpaired) electrons. The van der Waals surface area contributed by atoms with E-state index in [2.05, 4.69) is 10.3 Å². The molecule has 0 saturated heterocycles. The molecule has 0 aliphatic rings. The molecule has 0 amide bonds. The zero-order valence-corrected chi connectivity index (χ0v) is 12.9. The smallest absolute Gasteiger partial charge is 0.362 e. The van der Waals surface area contributed by atoms with Crippen LogP contribution in [0.1, 0.15) is 16.1 Å². The zero-order valence-electron chi connectivity index (χ0n) is 12.9. The van der Waals surface area contributed by atoms with Crippen LogP contribution in [0.2, 0.25) is 0 Å². The molecule has 0 bridgehead atoms. The van der Waals surface area contributed by atoms with Crippen LogP contribution in [0, 0.1) is 6.92 Å². The van der Waals surface area contributed by atoms with Gasteiger partial charge >= 0.3 is 5.97 Å². The van der Waals surface area contributed by atoms with Crippen molar-refractivity contribution in [3.05, 3.63) is 65.9 Å². The van der Waals surface area contributed by atoms with Gasteiger partial charge in [0.15, 0.2) is 0 Å². The lowest BCUT2D eigenvalue weighted by Gasteiger charge is -2.04. The Labute approximate surface area is 133 Å². The fourth-order valence-electron chi connectivity index (χ4n) is 2.11. The fraction of sp³-hybridized carbons (Fsp3) is 0.111. The summed E-state index contributed by atoms with van der Waals surface area (Å²) >= 11 is 0. The summed E-state index contributed by atoms with van der Waals surface area (Å²) in [6, 6.07) is 17.1. The number of nitrogens with zero attached hydrogens (tertiary/aromatic N) is 1. The van der Waals surface area contributed by atoms with E-state index in [9.17, 15) is 4.79 Å². The van der Waals surface area contributed by atoms with Crippen molar-refractivity contribution in [3.8, 4) is 11.5 Å². The molecular weight excluding hydrogens is 292 g/mol. The maximum atomic E-state index is 11.9. The van der Waals surface area contributed by atoms with Gasteiger partial charge < -0.3 is 14.5 Å². The van der Waals surface area contributed by atoms with Crippen molar-refractivity contribution in [2.24, 2.45) is 0 Å². The maximum absolute atomic E-state index is 11.9. The SMILES string of the molecule is COC(=O)c1nc(-c2ccccc2)oc1Nc1ccc(C)cc1. The summed E-state index contributed by atoms with van der Waals surface area (Å²) in [6.07, 6.45) is 0. The number of esters is 1. The molecule has 3 aromatic rings. The van der Waals surface area contributed by atoms with E-state index in [1.54, 1.807) is 0 Å². The number of ether oxygens (including phenoxy) is 1. The molecule has 0 aliphatic carbocycles. The highest BCUT2D eigenvalue weighted by Gasteiger charge is 2.21. The maximum Gasteiger partial charge on any atom is 0.362 e. The molecular formula is C18H16N2O3. The molecule has 116 valence electrons. The first-order chi connectivity index (χ1) is 11.2. The number of benzene rings is 2. The summed E-state index contributed by atoms with van der Waals surface area (Å²) in [5.41, 5.74) is 2.85. The highest BCUT2D eigenvalue weighted by atomic mass is 16.5. The van der Waals surface area contributed by atoms with Crippen LogP contribution in [-0.4, -0.2) is 18.1 Å². The minimum atomic E-state index is -0.550. The Morgan fingerprint density at radius 2 is 1.78 bits per heavy atom. The third-order valence-corrected chi connectivity index (χ3v) is 3.34. The fourth-order valence-corrected chi connectivity index (χ4v) is 2.11. The van der Waals surface area contributed by atoms with E-state index in [1.165, 1.54) is 7.11 Å². The lowest BCUT2D eigenvalue weighted by atomic mass is 10.2. The average molecular weight is 308 g/mol. The van der Waals surface area contributed by atoms with Gasteiger partial charge in [-0.15, -0.1) is 0 Å². The molecule has 0 atom stereocenters. The van der Waals surface area contributed by atoms with Gasteiger partial charge in [-0.1, -0.05) is 35.9 Å². The third kappa shape index (κ3) is 3.23. The Balaban J connectivity index is 1.98. The number of methoxy groups -OCH3 is 1. The average Bonchev–Trinajstić information content (AvgIpc) is 3.01. The van der Waals surface area contributed by atoms with E-state index in [0.29, 0.717) is 5.89 Å². The van der Waals surface area contributed by atoms with Crippen LogP contribution < -0.4 is 5.32 Å². The van der Waals surface area contributed by atoms with Crippen molar-refractivity contribution in [3.63, 3.8) is 0 Å². The number of aryl methyl sites for hydroxylation is 1. The van der Waals surface area contributed by atoms with Crippen molar-refractivity contribution in [1.82, 2.24) is 4.98 Å². The van der Waals surface area contributed by atoms with Crippen LogP contribution in [0.3, 0.4) is 0 Å². The van der Waals surface area contributed by atoms with Gasteiger partial charge in [-0.25, -0.2) is 4.79 Å². The van der Waals surface area contributed by atoms with E-state index >= 15 is 0 Å². The molecule has 3 rings (SSSR count). The summed E-state index contributed by atoms with van der Waals surface area (Å²) in [5.74, 6) is 0.0747. The molecule has 0 spiro atoms. The Bertz CT molecular complexity index is 808. The number of carbonyl (C=O) groups excluding carboxylic acids is 1. The first-order valence-corrected chi connectivity index (χ1v) is 7.15. The van der Waals surface area contributed by atoms with Crippen molar-refractivity contribution >= 4 is 17.5 Å². The number of nitrogens with one attached hydrogen (secondary N) is 1. The van der Waals surface area contributed by atoms with Crippen LogP contribution in [0.5, 0.6) is 0 Å². The highest BCUT2D eigenvalue weighted by Crippen LogP contribution is 2.28. The molecule has 1 heterocycles. The minimum Gasteiger partial charge on any atom is -0.464 e. The largest absolute Gasteiger partial charge is 0.464 e. The number of carbonyl (C=O) groups is 1. The van der Waals surface area contributed by atoms with E-state index in [-0.39, 0.29) is 11.6 Å². The van der Waals surface area contributed by atoms with Crippen LogP contribution in [0.4, 0.5) is 11.6 Å². The van der Waals surface area contributed by atoms with Gasteiger partial charge in [-0.3, -0.25) is 0 Å². The highest BCUT2D eigenvalue weighted by molar-refractivity contribution is 5.93. The molecule has 1 aromatic heterocycles. The molecule has 23 heavy (non-hydrogen) atoms. The summed E-state index contributed by atoms with van der Waals surface area (Å²) in [7, 11) is 1.31. The molecule has 0 aliphatic heterocycles. The van der Waals surface area contributed by atoms with Crippen LogP contribution in [0.15, 0.2) is 59.0 Å². The first kappa shape index (κ1) is 14.8. The van der Waals surface area contributed by atoms with Gasteiger partial charge in [0, 0.05) is 11.3 Å². The molecule has 0 unspecified atom stereocenters. The topological polar surface area (TPSA) is 64.4 Å². The number of anilines is 2. The second-order valence-corrected chi connectivity index (χ2v) is 5.05. The van der Waals surface area contributed by atoms with Gasteiger partial charge in [0.2, 0.25) is 17.5 Å². The van der Waals surface area contributed by atoms with Gasteiger partial charge in [-0.2, -0.15) is 4.98 Å². The van der Waals surface area contributed by atoms with Gasteiger partial charge in [-0.05, 0) is 31.2 Å². The molecule has 0 fully saturated rings. The Hall–Kier alpha value is -3.08. The van der Waals surface area contributed by atoms with Crippen molar-refractivity contribution in [2.75, 3.05) is 12.4 Å². The van der Waals surface area contributed by atoms with E-state index < -0.39 is 5.97 Å². The Kier molecular flexibility index (Phi) is 4.10. The number of oxazole rings is 1. The second-order valence-electron chi connectivity index (χ2n) is 5.05.